The van der Waals surface area contributed by atoms with Gasteiger partial charge >= 0.3 is 0 Å². The molecule has 0 bridgehead atoms. The first-order valence-corrected chi connectivity index (χ1v) is 12.4. The van der Waals surface area contributed by atoms with Gasteiger partial charge in [-0.05, 0) is 55.7 Å². The van der Waals surface area contributed by atoms with Crippen LogP contribution in [0.15, 0.2) is 69.4 Å². The van der Waals surface area contributed by atoms with Gasteiger partial charge in [0.1, 0.15) is 0 Å². The summed E-state index contributed by atoms with van der Waals surface area (Å²) in [6.45, 7) is 8.24. The molecule has 0 aliphatic carbocycles. The molecule has 9 nitrogen and oxygen atoms in total. The van der Waals surface area contributed by atoms with E-state index in [-0.39, 0.29) is 59.8 Å². The van der Waals surface area contributed by atoms with E-state index in [1.165, 1.54) is 31.9 Å². The maximum Gasteiger partial charge on any atom is 0.292 e. The molecule has 10 heteroatoms. The van der Waals surface area contributed by atoms with Gasteiger partial charge in [0.05, 0.1) is 0 Å². The predicted molar refractivity (Wildman–Crippen MR) is 148 cm³/mol. The van der Waals surface area contributed by atoms with E-state index in [1.54, 1.807) is 36.8 Å². The van der Waals surface area contributed by atoms with E-state index >= 15 is 0 Å². The maximum atomic E-state index is 11.2. The Morgan fingerprint density at radius 1 is 0.541 bits per heavy atom. The van der Waals surface area contributed by atoms with E-state index < -0.39 is 0 Å². The summed E-state index contributed by atoms with van der Waals surface area (Å²) in [5.41, 5.74) is -0.900. The Morgan fingerprint density at radius 2 is 0.784 bits per heavy atom. The van der Waals surface area contributed by atoms with Gasteiger partial charge in [-0.25, -0.2) is 0 Å². The molecule has 201 valence electrons. The predicted octanol–water partition coefficient (Wildman–Crippen LogP) is 3.68. The fourth-order valence-electron chi connectivity index (χ4n) is 3.09. The zero-order valence-electron chi connectivity index (χ0n) is 22.0. The first kappa shape index (κ1) is 34.1. The van der Waals surface area contributed by atoms with Crippen LogP contribution < -0.4 is 16.7 Å². The number of aromatic nitrogens is 3. The van der Waals surface area contributed by atoms with Crippen molar-refractivity contribution in [1.29, 1.82) is 0 Å². The Morgan fingerprint density at radius 3 is 1.00 bits per heavy atom. The van der Waals surface area contributed by atoms with Crippen molar-refractivity contribution < 1.29 is 15.3 Å². The van der Waals surface area contributed by atoms with Crippen molar-refractivity contribution in [3.63, 3.8) is 0 Å². The van der Waals surface area contributed by atoms with Gasteiger partial charge in [0, 0.05) is 64.1 Å². The molecule has 3 aromatic heterocycles. The summed E-state index contributed by atoms with van der Waals surface area (Å²) >= 11 is 0. The minimum Gasteiger partial charge on any atom is -0.503 e. The van der Waals surface area contributed by atoms with E-state index in [1.807, 2.05) is 0 Å². The summed E-state index contributed by atoms with van der Waals surface area (Å²) in [5, 5.41) is 27.2. The number of aryl methyl sites for hydroxylation is 3. The van der Waals surface area contributed by atoms with E-state index in [0.717, 1.165) is 38.5 Å². The number of unbranched alkanes of at least 4 members (excludes halogenated alkanes) is 3. The molecule has 37 heavy (non-hydrogen) atoms. The molecule has 0 aromatic carbocycles. The van der Waals surface area contributed by atoms with Crippen LogP contribution in [0.5, 0.6) is 17.2 Å². The van der Waals surface area contributed by atoms with Gasteiger partial charge in [-0.15, -0.1) is 0 Å². The summed E-state index contributed by atoms with van der Waals surface area (Å²) in [6.07, 6.45) is 11.1. The number of pyridine rings is 3. The molecule has 0 fully saturated rings. The molecule has 3 rings (SSSR count). The molecule has 0 aliphatic rings. The standard InChI is InChI=1S/3C9H13NO2.In/c3*1-2-3-6-10-7-4-5-8(11)9(10)12;/h3*4-5,7,11H,2-3,6H2,1H3;. The summed E-state index contributed by atoms with van der Waals surface area (Å²) in [5.74, 6) is -0.518. The fraction of sp³-hybridized carbons (Fsp3) is 0.444. The summed E-state index contributed by atoms with van der Waals surface area (Å²) < 4.78 is 4.58. The van der Waals surface area contributed by atoms with Gasteiger partial charge in [0.2, 0.25) is 0 Å². The fourth-order valence-corrected chi connectivity index (χ4v) is 3.09. The first-order chi connectivity index (χ1) is 17.3. The molecule has 3 heterocycles. The second kappa shape index (κ2) is 19.3. The van der Waals surface area contributed by atoms with Crippen molar-refractivity contribution in [2.45, 2.75) is 78.9 Å². The summed E-state index contributed by atoms with van der Waals surface area (Å²) in [7, 11) is 0. The quantitative estimate of drug-likeness (QED) is 0.337. The van der Waals surface area contributed by atoms with Gasteiger partial charge in [0.15, 0.2) is 17.2 Å². The minimum absolute atomic E-state index is 0. The van der Waals surface area contributed by atoms with Gasteiger partial charge in [-0.1, -0.05) is 40.0 Å². The van der Waals surface area contributed by atoms with Crippen molar-refractivity contribution in [2.24, 2.45) is 0 Å². The van der Waals surface area contributed by atoms with Gasteiger partial charge in [0.25, 0.3) is 16.7 Å². The average molecular weight is 616 g/mol. The van der Waals surface area contributed by atoms with Crippen LogP contribution in [-0.4, -0.2) is 54.9 Å². The molecule has 3 N–H and O–H groups in total. The SMILES string of the molecule is CCCCn1cccc(O)c1=O.CCCCn1cccc(O)c1=O.CCCCn1cccc(O)c1=O.[In]. The van der Waals surface area contributed by atoms with Crippen molar-refractivity contribution in [3.8, 4) is 17.2 Å². The molecule has 0 unspecified atom stereocenters. The number of aromatic hydroxyl groups is 3. The van der Waals surface area contributed by atoms with Crippen molar-refractivity contribution in [3.05, 3.63) is 86.1 Å². The molecular weight excluding hydrogens is 577 g/mol. The van der Waals surface area contributed by atoms with E-state index in [0.29, 0.717) is 19.6 Å². The molecule has 0 atom stereocenters. The molecular formula is C27H39InN3O6. The van der Waals surface area contributed by atoms with Crippen LogP contribution >= 0.6 is 0 Å². The third kappa shape index (κ3) is 12.3. The Kier molecular flexibility index (Phi) is 17.8. The van der Waals surface area contributed by atoms with Crippen molar-refractivity contribution in [1.82, 2.24) is 13.7 Å². The van der Waals surface area contributed by atoms with Crippen LogP contribution in [0.2, 0.25) is 0 Å². The Hall–Kier alpha value is -2.88. The van der Waals surface area contributed by atoms with Gasteiger partial charge in [-0.3, -0.25) is 14.4 Å². The number of hydrogen-bond donors (Lipinski definition) is 3. The van der Waals surface area contributed by atoms with Crippen LogP contribution in [-0.2, 0) is 19.6 Å². The second-order valence-corrected chi connectivity index (χ2v) is 8.24. The van der Waals surface area contributed by atoms with E-state index in [2.05, 4.69) is 20.8 Å². The Balaban J connectivity index is 0.000000518. The normalized spacial score (nSPS) is 9.81. The van der Waals surface area contributed by atoms with Crippen LogP contribution in [0.3, 0.4) is 0 Å². The van der Waals surface area contributed by atoms with E-state index in [9.17, 15) is 14.4 Å². The minimum atomic E-state index is -0.300. The monoisotopic (exact) mass is 616 g/mol. The largest absolute Gasteiger partial charge is 0.503 e. The van der Waals surface area contributed by atoms with E-state index in [4.69, 9.17) is 15.3 Å². The molecule has 0 aliphatic heterocycles. The maximum absolute atomic E-state index is 11.2. The zero-order valence-corrected chi connectivity index (χ0v) is 25.3. The van der Waals surface area contributed by atoms with Crippen LogP contribution in [0.1, 0.15) is 59.3 Å². The number of nitrogens with zero attached hydrogens (tertiary/aromatic N) is 3. The van der Waals surface area contributed by atoms with Crippen LogP contribution in [0.25, 0.3) is 0 Å². The zero-order chi connectivity index (χ0) is 26.9. The number of rotatable bonds is 9. The third-order valence-electron chi connectivity index (χ3n) is 5.26. The third-order valence-corrected chi connectivity index (χ3v) is 5.26. The first-order valence-electron chi connectivity index (χ1n) is 12.4. The number of hydrogen-bond acceptors (Lipinski definition) is 6. The van der Waals surface area contributed by atoms with Gasteiger partial charge in [-0.2, -0.15) is 0 Å². The van der Waals surface area contributed by atoms with Gasteiger partial charge < -0.3 is 29.0 Å². The van der Waals surface area contributed by atoms with Crippen molar-refractivity contribution in [2.75, 3.05) is 0 Å². The Labute approximate surface area is 236 Å². The molecule has 3 aromatic rings. The molecule has 3 radical (unpaired) electrons. The summed E-state index contributed by atoms with van der Waals surface area (Å²) in [4.78, 5) is 33.6. The van der Waals surface area contributed by atoms with Crippen LogP contribution in [0, 0.1) is 0 Å². The molecule has 0 amide bonds. The molecule has 0 saturated heterocycles. The average Bonchev–Trinajstić information content (AvgIpc) is 2.87. The Bertz CT molecular complexity index is 1070. The van der Waals surface area contributed by atoms with Crippen LogP contribution in [0.4, 0.5) is 0 Å². The smallest absolute Gasteiger partial charge is 0.292 e. The van der Waals surface area contributed by atoms with Crippen molar-refractivity contribution >= 4 is 25.8 Å². The topological polar surface area (TPSA) is 127 Å². The second-order valence-electron chi connectivity index (χ2n) is 8.24. The molecule has 0 saturated carbocycles. The summed E-state index contributed by atoms with van der Waals surface area (Å²) in [6, 6.07) is 9.24. The molecule has 0 spiro atoms.